The minimum absolute atomic E-state index is 0.0153. The van der Waals surface area contributed by atoms with Crippen molar-refractivity contribution >= 4 is 11.6 Å². The number of ether oxygens (including phenoxy) is 1. The van der Waals surface area contributed by atoms with Gasteiger partial charge in [0.2, 0.25) is 0 Å². The number of hydrogen-bond donors (Lipinski definition) is 2. The Kier molecular flexibility index (Phi) is 5.09. The fraction of sp³-hybridized carbons (Fsp3) is 0.345. The van der Waals surface area contributed by atoms with E-state index in [1.165, 1.54) is 36.1 Å². The number of carbonyl (C=O) groups is 1. The standard InChI is InChI=1S/C29H30N2O2/c1-33-23-12-7-18(8-13-23)17-30-29(32)22-11-14-25-24(16-22)26-20-9-10-21(15-20)27(26)28(31-25)19-5-3-2-4-6-19/h2-8,11-14,16,20-21,26-28,31H,9-10,15,17H2,1H3,(H,30,32)/t20-,21-,26-,27+,28-/m0/s1. The van der Waals surface area contributed by atoms with Crippen LogP contribution in [0.2, 0.25) is 0 Å². The van der Waals surface area contributed by atoms with Gasteiger partial charge >= 0.3 is 0 Å². The normalized spacial score (nSPS) is 26.8. The molecule has 0 radical (unpaired) electrons. The van der Waals surface area contributed by atoms with Crippen molar-refractivity contribution in [3.8, 4) is 5.75 Å². The van der Waals surface area contributed by atoms with Crippen molar-refractivity contribution in [3.63, 3.8) is 0 Å². The molecule has 6 rings (SSSR count). The summed E-state index contributed by atoms with van der Waals surface area (Å²) < 4.78 is 5.21. The largest absolute Gasteiger partial charge is 0.497 e. The number of carbonyl (C=O) groups excluding carboxylic acids is 1. The highest BCUT2D eigenvalue weighted by atomic mass is 16.5. The number of benzene rings is 3. The first-order valence-corrected chi connectivity index (χ1v) is 12.1. The van der Waals surface area contributed by atoms with Crippen molar-refractivity contribution in [2.75, 3.05) is 12.4 Å². The van der Waals surface area contributed by atoms with Crippen LogP contribution in [0.1, 0.15) is 58.3 Å². The molecule has 2 saturated carbocycles. The lowest BCUT2D eigenvalue weighted by Crippen LogP contribution is -2.35. The van der Waals surface area contributed by atoms with Crippen LogP contribution < -0.4 is 15.4 Å². The highest BCUT2D eigenvalue weighted by Gasteiger charge is 2.53. The molecule has 5 atom stereocenters. The average Bonchev–Trinajstić information content (AvgIpc) is 3.50. The van der Waals surface area contributed by atoms with E-state index in [0.717, 1.165) is 28.7 Å². The summed E-state index contributed by atoms with van der Waals surface area (Å²) in [6.45, 7) is 0.505. The predicted molar refractivity (Wildman–Crippen MR) is 130 cm³/mol. The lowest BCUT2D eigenvalue weighted by molar-refractivity contribution is 0.0950. The number of methoxy groups -OCH3 is 1. The molecular formula is C29H30N2O2. The van der Waals surface area contributed by atoms with Crippen LogP contribution in [0.4, 0.5) is 5.69 Å². The molecule has 1 amide bonds. The number of hydrogen-bond acceptors (Lipinski definition) is 3. The van der Waals surface area contributed by atoms with Crippen molar-refractivity contribution in [2.45, 2.75) is 37.8 Å². The van der Waals surface area contributed by atoms with E-state index in [-0.39, 0.29) is 5.91 Å². The number of amides is 1. The second kappa shape index (κ2) is 8.26. The Morgan fingerprint density at radius 1 is 1.00 bits per heavy atom. The fourth-order valence-electron chi connectivity index (χ4n) is 6.65. The first-order chi connectivity index (χ1) is 16.2. The summed E-state index contributed by atoms with van der Waals surface area (Å²) in [4.78, 5) is 13.0. The smallest absolute Gasteiger partial charge is 0.251 e. The molecule has 0 unspecified atom stereocenters. The van der Waals surface area contributed by atoms with Gasteiger partial charge in [0.05, 0.1) is 13.2 Å². The van der Waals surface area contributed by atoms with E-state index in [2.05, 4.69) is 53.1 Å². The van der Waals surface area contributed by atoms with Crippen molar-refractivity contribution < 1.29 is 9.53 Å². The predicted octanol–water partition coefficient (Wildman–Crippen LogP) is 5.92. The van der Waals surface area contributed by atoms with Crippen molar-refractivity contribution in [2.24, 2.45) is 17.8 Å². The van der Waals surface area contributed by atoms with Crippen molar-refractivity contribution in [1.82, 2.24) is 5.32 Å². The Bertz CT molecular complexity index is 1160. The zero-order chi connectivity index (χ0) is 22.4. The molecule has 3 aromatic carbocycles. The number of rotatable bonds is 5. The number of anilines is 1. The van der Waals surface area contributed by atoms with Crippen LogP contribution in [0, 0.1) is 17.8 Å². The van der Waals surface area contributed by atoms with E-state index in [4.69, 9.17) is 4.74 Å². The highest BCUT2D eigenvalue weighted by molar-refractivity contribution is 5.95. The lowest BCUT2D eigenvalue weighted by atomic mass is 9.68. The van der Waals surface area contributed by atoms with Gasteiger partial charge in [0, 0.05) is 17.8 Å². The minimum atomic E-state index is -0.0153. The minimum Gasteiger partial charge on any atom is -0.497 e. The molecule has 3 aliphatic rings. The zero-order valence-electron chi connectivity index (χ0n) is 19.0. The maximum atomic E-state index is 13.0. The van der Waals surface area contributed by atoms with E-state index < -0.39 is 0 Å². The average molecular weight is 439 g/mol. The fourth-order valence-corrected chi connectivity index (χ4v) is 6.65. The Labute approximate surface area is 195 Å². The van der Waals surface area contributed by atoms with E-state index in [9.17, 15) is 4.79 Å². The maximum Gasteiger partial charge on any atom is 0.251 e. The van der Waals surface area contributed by atoms with Gasteiger partial charge in [-0.05, 0) is 90.0 Å². The highest BCUT2D eigenvalue weighted by Crippen LogP contribution is 2.63. The van der Waals surface area contributed by atoms with Crippen molar-refractivity contribution in [3.05, 3.63) is 95.1 Å². The molecule has 0 saturated heterocycles. The summed E-state index contributed by atoms with van der Waals surface area (Å²) in [5.74, 6) is 3.47. The van der Waals surface area contributed by atoms with Crippen molar-refractivity contribution in [1.29, 1.82) is 0 Å². The van der Waals surface area contributed by atoms with Gasteiger partial charge in [-0.3, -0.25) is 4.79 Å². The van der Waals surface area contributed by atoms with Crippen LogP contribution in [0.25, 0.3) is 0 Å². The molecule has 0 aromatic heterocycles. The third-order valence-corrected chi connectivity index (χ3v) is 8.12. The van der Waals surface area contributed by atoms with Gasteiger partial charge in [0.1, 0.15) is 5.75 Å². The first kappa shape index (κ1) is 20.3. The van der Waals surface area contributed by atoms with Crippen LogP contribution in [-0.4, -0.2) is 13.0 Å². The first-order valence-electron chi connectivity index (χ1n) is 12.1. The van der Waals surface area contributed by atoms with Gasteiger partial charge in [-0.25, -0.2) is 0 Å². The Morgan fingerprint density at radius 2 is 1.79 bits per heavy atom. The molecule has 4 nitrogen and oxygen atoms in total. The van der Waals surface area contributed by atoms with E-state index in [1.54, 1.807) is 7.11 Å². The molecular weight excluding hydrogens is 408 g/mol. The summed E-state index contributed by atoms with van der Waals surface area (Å²) in [6.07, 6.45) is 3.99. The van der Waals surface area contributed by atoms with Crippen LogP contribution in [0.15, 0.2) is 72.8 Å². The van der Waals surface area contributed by atoms with Crippen LogP contribution in [-0.2, 0) is 6.54 Å². The van der Waals surface area contributed by atoms with Gasteiger partial charge in [-0.1, -0.05) is 42.5 Å². The van der Waals surface area contributed by atoms with Gasteiger partial charge < -0.3 is 15.4 Å². The van der Waals surface area contributed by atoms with Gasteiger partial charge in [0.15, 0.2) is 0 Å². The monoisotopic (exact) mass is 438 g/mol. The van der Waals surface area contributed by atoms with Gasteiger partial charge in [-0.2, -0.15) is 0 Å². The summed E-state index contributed by atoms with van der Waals surface area (Å²) in [6, 6.07) is 25.3. The summed E-state index contributed by atoms with van der Waals surface area (Å²) in [5.41, 5.74) is 5.74. The molecule has 0 spiro atoms. The van der Waals surface area contributed by atoms with Crippen LogP contribution in [0.3, 0.4) is 0 Å². The van der Waals surface area contributed by atoms with E-state index in [0.29, 0.717) is 24.4 Å². The molecule has 168 valence electrons. The number of fused-ring (bicyclic) bond motifs is 7. The Balaban J connectivity index is 1.26. The van der Waals surface area contributed by atoms with E-state index in [1.807, 2.05) is 30.3 Å². The Morgan fingerprint density at radius 3 is 2.58 bits per heavy atom. The summed E-state index contributed by atoms with van der Waals surface area (Å²) in [5, 5.41) is 6.95. The molecule has 4 heteroatoms. The third kappa shape index (κ3) is 3.58. The summed E-state index contributed by atoms with van der Waals surface area (Å²) in [7, 11) is 1.66. The Hall–Kier alpha value is -3.27. The van der Waals surface area contributed by atoms with E-state index >= 15 is 0 Å². The molecule has 1 heterocycles. The van der Waals surface area contributed by atoms with Crippen LogP contribution in [0.5, 0.6) is 5.75 Å². The molecule has 3 aromatic rings. The summed E-state index contributed by atoms with van der Waals surface area (Å²) >= 11 is 0. The lowest BCUT2D eigenvalue weighted by Gasteiger charge is -2.43. The SMILES string of the molecule is COc1ccc(CNC(=O)c2ccc3c(c2)[C@@H]2[C@H]4CC[C@@H](C4)[C@H]2[C@H](c2ccccc2)N3)cc1. The van der Waals surface area contributed by atoms with Crippen LogP contribution >= 0.6 is 0 Å². The quantitative estimate of drug-likeness (QED) is 0.520. The molecule has 2 aliphatic carbocycles. The molecule has 2 fully saturated rings. The number of nitrogens with one attached hydrogen (secondary N) is 2. The molecule has 33 heavy (non-hydrogen) atoms. The zero-order valence-corrected chi connectivity index (χ0v) is 19.0. The maximum absolute atomic E-state index is 13.0. The molecule has 2 bridgehead atoms. The molecule has 1 aliphatic heterocycles. The van der Waals surface area contributed by atoms with Gasteiger partial charge in [-0.15, -0.1) is 0 Å². The van der Waals surface area contributed by atoms with Gasteiger partial charge in [0.25, 0.3) is 5.91 Å². The topological polar surface area (TPSA) is 50.4 Å². The molecule has 2 N–H and O–H groups in total. The second-order valence-corrected chi connectivity index (χ2v) is 9.80. The second-order valence-electron chi connectivity index (χ2n) is 9.80. The third-order valence-electron chi connectivity index (χ3n) is 8.12.